The Balaban J connectivity index is 1.77. The van der Waals surface area contributed by atoms with Crippen LogP contribution in [-0.4, -0.2) is 16.6 Å². The molecular weight excluding hydrogens is 256 g/mol. The third-order valence-electron chi connectivity index (χ3n) is 3.64. The van der Waals surface area contributed by atoms with Crippen molar-refractivity contribution in [2.45, 2.75) is 19.3 Å². The van der Waals surface area contributed by atoms with Crippen LogP contribution in [0.2, 0.25) is 0 Å². The topological polar surface area (TPSA) is 48.1 Å². The molecule has 0 bridgehead atoms. The van der Waals surface area contributed by atoms with Gasteiger partial charge in [-0.1, -0.05) is 30.4 Å². The lowest BCUT2D eigenvalue weighted by atomic mass is 10.0. The molecule has 0 aliphatic heterocycles. The second kappa shape index (κ2) is 4.78. The van der Waals surface area contributed by atoms with Gasteiger partial charge in [0.2, 0.25) is 0 Å². The number of nitrogens with two attached hydrogens (primary N) is 1. The van der Waals surface area contributed by atoms with E-state index < -0.39 is 0 Å². The van der Waals surface area contributed by atoms with Crippen LogP contribution in [0.3, 0.4) is 0 Å². The van der Waals surface area contributed by atoms with E-state index in [-0.39, 0.29) is 5.41 Å². The number of thiocarbonyl (C=S) groups is 1. The number of benzene rings is 1. The highest BCUT2D eigenvalue weighted by molar-refractivity contribution is 7.80. The molecule has 1 aromatic carbocycles. The molecule has 1 fully saturated rings. The van der Waals surface area contributed by atoms with Crippen molar-refractivity contribution in [3.8, 4) is 5.75 Å². The molecule has 1 heterocycles. The average molecular weight is 272 g/mol. The summed E-state index contributed by atoms with van der Waals surface area (Å²) in [6, 6.07) is 9.97. The standard InChI is InChI=1S/C15H16N2OS/c16-13(19)9-15(6-7-15)10-18-12-5-1-3-11-4-2-8-17-14(11)12/h1-5,8H,6-7,9-10H2,(H2,16,19). The van der Waals surface area contributed by atoms with E-state index in [1.165, 1.54) is 0 Å². The molecule has 4 heteroatoms. The van der Waals surface area contributed by atoms with Gasteiger partial charge in [0.25, 0.3) is 0 Å². The van der Waals surface area contributed by atoms with Crippen LogP contribution in [-0.2, 0) is 0 Å². The van der Waals surface area contributed by atoms with Gasteiger partial charge in [-0.25, -0.2) is 0 Å². The van der Waals surface area contributed by atoms with E-state index in [0.29, 0.717) is 11.6 Å². The van der Waals surface area contributed by atoms with Crippen molar-refractivity contribution in [2.24, 2.45) is 11.1 Å². The smallest absolute Gasteiger partial charge is 0.145 e. The normalized spacial score (nSPS) is 16.2. The van der Waals surface area contributed by atoms with E-state index in [1.807, 2.05) is 30.3 Å². The van der Waals surface area contributed by atoms with Crippen LogP contribution in [0.25, 0.3) is 10.9 Å². The molecule has 98 valence electrons. The van der Waals surface area contributed by atoms with Crippen molar-refractivity contribution in [1.29, 1.82) is 0 Å². The Labute approximate surface area is 117 Å². The van der Waals surface area contributed by atoms with Gasteiger partial charge in [-0.05, 0) is 25.0 Å². The minimum Gasteiger partial charge on any atom is -0.491 e. The van der Waals surface area contributed by atoms with Crippen LogP contribution in [0.15, 0.2) is 36.5 Å². The number of ether oxygens (including phenoxy) is 1. The first kappa shape index (κ1) is 12.4. The SMILES string of the molecule is NC(=S)CC1(COc2cccc3cccnc23)CC1. The van der Waals surface area contributed by atoms with Crippen LogP contribution in [0.5, 0.6) is 5.75 Å². The molecule has 1 aliphatic carbocycles. The number of hydrogen-bond acceptors (Lipinski definition) is 3. The summed E-state index contributed by atoms with van der Waals surface area (Å²) in [5, 5.41) is 1.10. The summed E-state index contributed by atoms with van der Waals surface area (Å²) in [6.45, 7) is 0.667. The van der Waals surface area contributed by atoms with Crippen molar-refractivity contribution >= 4 is 28.1 Å². The van der Waals surface area contributed by atoms with E-state index in [1.54, 1.807) is 6.20 Å². The predicted octanol–water partition coefficient (Wildman–Crippen LogP) is 3.07. The molecule has 1 aromatic heterocycles. The summed E-state index contributed by atoms with van der Waals surface area (Å²) in [5.41, 5.74) is 6.72. The summed E-state index contributed by atoms with van der Waals surface area (Å²) in [6.07, 6.45) is 4.85. The van der Waals surface area contributed by atoms with E-state index in [0.717, 1.165) is 35.9 Å². The molecule has 0 saturated heterocycles. The van der Waals surface area contributed by atoms with Crippen molar-refractivity contribution in [3.05, 3.63) is 36.5 Å². The van der Waals surface area contributed by atoms with E-state index in [4.69, 9.17) is 22.7 Å². The first-order valence-corrected chi connectivity index (χ1v) is 6.84. The zero-order valence-electron chi connectivity index (χ0n) is 10.6. The first-order chi connectivity index (χ1) is 9.19. The minimum absolute atomic E-state index is 0.169. The summed E-state index contributed by atoms with van der Waals surface area (Å²) in [5.74, 6) is 0.840. The number of para-hydroxylation sites is 1. The Morgan fingerprint density at radius 2 is 2.11 bits per heavy atom. The maximum absolute atomic E-state index is 5.97. The summed E-state index contributed by atoms with van der Waals surface area (Å²) < 4.78 is 5.97. The van der Waals surface area contributed by atoms with Gasteiger partial charge in [0.1, 0.15) is 11.3 Å². The van der Waals surface area contributed by atoms with Crippen LogP contribution < -0.4 is 10.5 Å². The molecule has 0 amide bonds. The molecule has 0 spiro atoms. The van der Waals surface area contributed by atoms with Gasteiger partial charge in [0.15, 0.2) is 0 Å². The number of fused-ring (bicyclic) bond motifs is 1. The van der Waals surface area contributed by atoms with Crippen molar-refractivity contribution in [2.75, 3.05) is 6.61 Å². The molecule has 3 nitrogen and oxygen atoms in total. The Kier molecular flexibility index (Phi) is 3.11. The third kappa shape index (κ3) is 2.68. The maximum atomic E-state index is 5.97. The molecule has 19 heavy (non-hydrogen) atoms. The van der Waals surface area contributed by atoms with Gasteiger partial charge >= 0.3 is 0 Å². The fraction of sp³-hybridized carbons (Fsp3) is 0.333. The number of aromatic nitrogens is 1. The largest absolute Gasteiger partial charge is 0.491 e. The van der Waals surface area contributed by atoms with Crippen LogP contribution in [0, 0.1) is 5.41 Å². The summed E-state index contributed by atoms with van der Waals surface area (Å²) in [7, 11) is 0. The molecule has 0 atom stereocenters. The van der Waals surface area contributed by atoms with Gasteiger partial charge in [-0.15, -0.1) is 0 Å². The predicted molar refractivity (Wildman–Crippen MR) is 80.3 cm³/mol. The van der Waals surface area contributed by atoms with Crippen LogP contribution in [0.1, 0.15) is 19.3 Å². The molecule has 1 aliphatic rings. The Morgan fingerprint density at radius 3 is 2.84 bits per heavy atom. The Hall–Kier alpha value is -1.68. The molecule has 1 saturated carbocycles. The monoisotopic (exact) mass is 272 g/mol. The highest BCUT2D eigenvalue weighted by Gasteiger charge is 2.43. The van der Waals surface area contributed by atoms with Crippen molar-refractivity contribution in [1.82, 2.24) is 4.98 Å². The van der Waals surface area contributed by atoms with E-state index >= 15 is 0 Å². The second-order valence-electron chi connectivity index (χ2n) is 5.26. The van der Waals surface area contributed by atoms with E-state index in [2.05, 4.69) is 4.98 Å². The Bertz CT molecular complexity index is 617. The highest BCUT2D eigenvalue weighted by Crippen LogP contribution is 2.49. The molecule has 3 rings (SSSR count). The lowest BCUT2D eigenvalue weighted by molar-refractivity contribution is 0.241. The minimum atomic E-state index is 0.169. The number of pyridine rings is 1. The van der Waals surface area contributed by atoms with Gasteiger partial charge in [-0.2, -0.15) is 0 Å². The zero-order valence-corrected chi connectivity index (χ0v) is 11.5. The van der Waals surface area contributed by atoms with Gasteiger partial charge < -0.3 is 10.5 Å². The van der Waals surface area contributed by atoms with Gasteiger partial charge in [0, 0.05) is 23.4 Å². The molecular formula is C15H16N2OS. The quantitative estimate of drug-likeness (QED) is 0.850. The third-order valence-corrected chi connectivity index (χ3v) is 3.78. The summed E-state index contributed by atoms with van der Waals surface area (Å²) in [4.78, 5) is 4.97. The fourth-order valence-electron chi connectivity index (χ4n) is 2.34. The molecule has 0 radical (unpaired) electrons. The van der Waals surface area contributed by atoms with Crippen LogP contribution >= 0.6 is 12.2 Å². The number of hydrogen-bond donors (Lipinski definition) is 1. The summed E-state index contributed by atoms with van der Waals surface area (Å²) >= 11 is 5.00. The van der Waals surface area contributed by atoms with E-state index in [9.17, 15) is 0 Å². The fourth-order valence-corrected chi connectivity index (χ4v) is 2.65. The molecule has 0 unspecified atom stereocenters. The average Bonchev–Trinajstić information content (AvgIpc) is 3.15. The van der Waals surface area contributed by atoms with Crippen LogP contribution in [0.4, 0.5) is 0 Å². The van der Waals surface area contributed by atoms with Gasteiger partial charge in [0.05, 0.1) is 11.6 Å². The molecule has 2 N–H and O–H groups in total. The lowest BCUT2D eigenvalue weighted by Gasteiger charge is -2.16. The maximum Gasteiger partial charge on any atom is 0.145 e. The van der Waals surface area contributed by atoms with Gasteiger partial charge in [-0.3, -0.25) is 4.98 Å². The number of rotatable bonds is 5. The first-order valence-electron chi connectivity index (χ1n) is 6.43. The highest BCUT2D eigenvalue weighted by atomic mass is 32.1. The van der Waals surface area contributed by atoms with Crippen molar-refractivity contribution in [3.63, 3.8) is 0 Å². The lowest BCUT2D eigenvalue weighted by Crippen LogP contribution is -2.21. The van der Waals surface area contributed by atoms with Crippen molar-refractivity contribution < 1.29 is 4.74 Å². The number of nitrogens with zero attached hydrogens (tertiary/aromatic N) is 1. The zero-order chi connectivity index (χ0) is 13.3. The Morgan fingerprint density at radius 1 is 1.32 bits per heavy atom. The molecule has 2 aromatic rings. The second-order valence-corrected chi connectivity index (χ2v) is 5.79.